The monoisotopic (exact) mass is 416 g/mol. The molecule has 2 nitrogen and oxygen atoms in total. The Labute approximate surface area is 187 Å². The van der Waals surface area contributed by atoms with Gasteiger partial charge in [-0.3, -0.25) is 4.79 Å². The van der Waals surface area contributed by atoms with Crippen molar-refractivity contribution in [2.75, 3.05) is 6.61 Å². The predicted molar refractivity (Wildman–Crippen MR) is 133 cm³/mol. The van der Waals surface area contributed by atoms with E-state index in [2.05, 4.69) is 65.8 Å². The molecule has 0 saturated carbocycles. The van der Waals surface area contributed by atoms with Crippen LogP contribution in [0.15, 0.2) is 46.6 Å². The minimum absolute atomic E-state index is 0.0597. The van der Waals surface area contributed by atoms with Crippen LogP contribution in [0.5, 0.6) is 0 Å². The fourth-order valence-corrected chi connectivity index (χ4v) is 3.21. The van der Waals surface area contributed by atoms with Gasteiger partial charge in [0.1, 0.15) is 6.61 Å². The van der Waals surface area contributed by atoms with Crippen molar-refractivity contribution in [3.8, 4) is 0 Å². The third-order valence-corrected chi connectivity index (χ3v) is 5.31. The summed E-state index contributed by atoms with van der Waals surface area (Å²) in [7, 11) is 0. The Kier molecular flexibility index (Phi) is 18.4. The second-order valence-corrected chi connectivity index (χ2v) is 8.90. The van der Waals surface area contributed by atoms with Crippen molar-refractivity contribution in [3.63, 3.8) is 0 Å². The summed E-state index contributed by atoms with van der Waals surface area (Å²) in [6.45, 7) is 13.5. The van der Waals surface area contributed by atoms with Gasteiger partial charge in [-0.1, -0.05) is 73.1 Å². The summed E-state index contributed by atoms with van der Waals surface area (Å²) < 4.78 is 5.32. The summed E-state index contributed by atoms with van der Waals surface area (Å²) in [5.74, 6) is -0.0597. The van der Waals surface area contributed by atoms with Crippen molar-refractivity contribution in [1.29, 1.82) is 0 Å². The fourth-order valence-electron chi connectivity index (χ4n) is 3.21. The van der Waals surface area contributed by atoms with Gasteiger partial charge in [-0.05, 0) is 85.6 Å². The highest BCUT2D eigenvalue weighted by atomic mass is 16.5. The quantitative estimate of drug-likeness (QED) is 0.134. The van der Waals surface area contributed by atoms with Gasteiger partial charge in [0, 0.05) is 6.42 Å². The molecule has 0 atom stereocenters. The van der Waals surface area contributed by atoms with E-state index in [1.54, 1.807) is 0 Å². The number of unbranched alkanes of at least 4 members (excludes halogenated alkanes) is 4. The number of carbonyl (C=O) groups is 1. The maximum absolute atomic E-state index is 11.7. The van der Waals surface area contributed by atoms with E-state index in [4.69, 9.17) is 4.74 Å². The largest absolute Gasteiger partial charge is 0.461 e. The third kappa shape index (κ3) is 19.7. The first-order chi connectivity index (χ1) is 14.3. The highest BCUT2D eigenvalue weighted by molar-refractivity contribution is 5.69. The number of hydrogen-bond donors (Lipinski definition) is 0. The van der Waals surface area contributed by atoms with Crippen LogP contribution in [0, 0.1) is 0 Å². The number of esters is 1. The minimum atomic E-state index is -0.0597. The number of allylic oxidation sites excluding steroid dienone is 7. The lowest BCUT2D eigenvalue weighted by molar-refractivity contribution is -0.142. The molecule has 172 valence electrons. The molecule has 0 N–H and O–H groups in total. The van der Waals surface area contributed by atoms with Gasteiger partial charge < -0.3 is 4.74 Å². The molecule has 0 fully saturated rings. The normalized spacial score (nSPS) is 12.8. The summed E-state index contributed by atoms with van der Waals surface area (Å²) in [6.07, 6.45) is 22.1. The average Bonchev–Trinajstić information content (AvgIpc) is 2.67. The zero-order valence-electron chi connectivity index (χ0n) is 20.8. The first kappa shape index (κ1) is 28.4. The number of rotatable bonds is 17. The molecular formula is C28H48O2. The Bertz CT molecular complexity index is 571. The summed E-state index contributed by atoms with van der Waals surface area (Å²) >= 11 is 0. The molecule has 0 aliphatic rings. The molecule has 2 heteroatoms. The molecule has 0 aromatic carbocycles. The lowest BCUT2D eigenvalue weighted by Crippen LogP contribution is -2.04. The van der Waals surface area contributed by atoms with Crippen LogP contribution in [0.4, 0.5) is 0 Å². The third-order valence-electron chi connectivity index (χ3n) is 5.31. The Balaban J connectivity index is 3.92. The van der Waals surface area contributed by atoms with Crippen LogP contribution >= 0.6 is 0 Å². The molecule has 0 heterocycles. The number of hydrogen-bond acceptors (Lipinski definition) is 2. The lowest BCUT2D eigenvalue weighted by atomic mass is 10.0. The molecule has 0 amide bonds. The highest BCUT2D eigenvalue weighted by Gasteiger charge is 2.01. The van der Waals surface area contributed by atoms with Crippen LogP contribution in [0.2, 0.25) is 0 Å². The van der Waals surface area contributed by atoms with E-state index in [1.807, 2.05) is 0 Å². The van der Waals surface area contributed by atoms with Crippen LogP contribution in [-0.4, -0.2) is 12.6 Å². The maximum atomic E-state index is 11.7. The molecule has 0 aromatic rings. The Hall–Kier alpha value is -1.57. The molecule has 0 radical (unpaired) electrons. The molecule has 0 rings (SSSR count). The van der Waals surface area contributed by atoms with Crippen molar-refractivity contribution in [2.45, 2.75) is 119 Å². The van der Waals surface area contributed by atoms with Crippen LogP contribution < -0.4 is 0 Å². The molecule has 0 aliphatic carbocycles. The molecule has 0 spiro atoms. The van der Waals surface area contributed by atoms with E-state index in [9.17, 15) is 4.79 Å². The highest BCUT2D eigenvalue weighted by Crippen LogP contribution is 2.13. The van der Waals surface area contributed by atoms with Crippen molar-refractivity contribution in [3.05, 3.63) is 46.6 Å². The van der Waals surface area contributed by atoms with Crippen LogP contribution in [0.3, 0.4) is 0 Å². The van der Waals surface area contributed by atoms with Crippen LogP contribution in [0.1, 0.15) is 119 Å². The van der Waals surface area contributed by atoms with E-state index < -0.39 is 0 Å². The van der Waals surface area contributed by atoms with Crippen molar-refractivity contribution in [2.24, 2.45) is 0 Å². The smallest absolute Gasteiger partial charge is 0.306 e. The van der Waals surface area contributed by atoms with Crippen molar-refractivity contribution < 1.29 is 9.53 Å². The SMILES string of the molecule is CCCCCCCC(=O)OC/C=C(\C)CCC=C(C)CC/C=C(\C)CCC=C(C)C. The van der Waals surface area contributed by atoms with Crippen molar-refractivity contribution >= 4 is 5.97 Å². The van der Waals surface area contributed by atoms with Gasteiger partial charge in [-0.2, -0.15) is 0 Å². The molecule has 0 saturated heterocycles. The Morgan fingerprint density at radius 2 is 1.13 bits per heavy atom. The van der Waals surface area contributed by atoms with E-state index in [0.29, 0.717) is 13.0 Å². The molecule has 30 heavy (non-hydrogen) atoms. The first-order valence-electron chi connectivity index (χ1n) is 12.1. The standard InChI is InChI=1S/C28H48O2/c1-7-8-9-10-11-21-28(29)30-23-22-27(6)20-14-19-26(5)18-13-17-25(4)16-12-15-24(2)3/h15,17,19,22H,7-14,16,18,20-21,23H2,1-6H3/b25-17+,26-19?,27-22+. The Morgan fingerprint density at radius 1 is 0.633 bits per heavy atom. The van der Waals surface area contributed by atoms with Gasteiger partial charge >= 0.3 is 5.97 Å². The second kappa shape index (κ2) is 19.4. The van der Waals surface area contributed by atoms with E-state index in [-0.39, 0.29) is 5.97 Å². The summed E-state index contributed by atoms with van der Waals surface area (Å²) in [5, 5.41) is 0. The zero-order valence-corrected chi connectivity index (χ0v) is 20.8. The van der Waals surface area contributed by atoms with Gasteiger partial charge in [0.2, 0.25) is 0 Å². The fraction of sp³-hybridized carbons (Fsp3) is 0.679. The summed E-state index contributed by atoms with van der Waals surface area (Å²) in [4.78, 5) is 11.7. The Morgan fingerprint density at radius 3 is 1.67 bits per heavy atom. The van der Waals surface area contributed by atoms with E-state index in [0.717, 1.165) is 44.9 Å². The topological polar surface area (TPSA) is 26.3 Å². The molecule has 0 bridgehead atoms. The minimum Gasteiger partial charge on any atom is -0.461 e. The lowest BCUT2D eigenvalue weighted by Gasteiger charge is -2.04. The average molecular weight is 417 g/mol. The van der Waals surface area contributed by atoms with Gasteiger partial charge in [0.05, 0.1) is 0 Å². The zero-order chi connectivity index (χ0) is 22.6. The summed E-state index contributed by atoms with van der Waals surface area (Å²) in [5.41, 5.74) is 5.66. The molecule has 0 unspecified atom stereocenters. The number of carbonyl (C=O) groups excluding carboxylic acids is 1. The van der Waals surface area contributed by atoms with E-state index >= 15 is 0 Å². The van der Waals surface area contributed by atoms with Crippen LogP contribution in [0.25, 0.3) is 0 Å². The molecular weight excluding hydrogens is 368 g/mol. The molecule has 0 aliphatic heterocycles. The van der Waals surface area contributed by atoms with Crippen molar-refractivity contribution in [1.82, 2.24) is 0 Å². The van der Waals surface area contributed by atoms with E-state index in [1.165, 1.54) is 48.0 Å². The summed E-state index contributed by atoms with van der Waals surface area (Å²) in [6, 6.07) is 0. The second-order valence-electron chi connectivity index (χ2n) is 8.90. The van der Waals surface area contributed by atoms with Gasteiger partial charge in [-0.15, -0.1) is 0 Å². The molecule has 0 aromatic heterocycles. The van der Waals surface area contributed by atoms with Gasteiger partial charge in [0.25, 0.3) is 0 Å². The number of ether oxygens (including phenoxy) is 1. The maximum Gasteiger partial charge on any atom is 0.306 e. The van der Waals surface area contributed by atoms with Gasteiger partial charge in [0.15, 0.2) is 0 Å². The first-order valence-corrected chi connectivity index (χ1v) is 12.1. The van der Waals surface area contributed by atoms with Gasteiger partial charge in [-0.25, -0.2) is 0 Å². The predicted octanol–water partition coefficient (Wildman–Crippen LogP) is 9.04. The van der Waals surface area contributed by atoms with Crippen LogP contribution in [-0.2, 0) is 9.53 Å².